The predicted molar refractivity (Wildman–Crippen MR) is 90.2 cm³/mol. The van der Waals surface area contributed by atoms with E-state index in [4.69, 9.17) is 9.47 Å². The lowest BCUT2D eigenvalue weighted by atomic mass is 10.2. The van der Waals surface area contributed by atoms with Crippen LogP contribution in [0.4, 0.5) is 5.00 Å². The van der Waals surface area contributed by atoms with Gasteiger partial charge in [0.1, 0.15) is 11.6 Å². The van der Waals surface area contributed by atoms with Gasteiger partial charge in [-0.05, 0) is 51.4 Å². The Morgan fingerprint density at radius 3 is 2.65 bits per heavy atom. The first-order valence-corrected chi connectivity index (χ1v) is 8.08. The van der Waals surface area contributed by atoms with Gasteiger partial charge in [0.2, 0.25) is 5.88 Å². The van der Waals surface area contributed by atoms with E-state index >= 15 is 0 Å². The second-order valence-corrected chi connectivity index (χ2v) is 6.79. The molecule has 0 unspecified atom stereocenters. The second-order valence-electron chi connectivity index (χ2n) is 5.98. The van der Waals surface area contributed by atoms with Gasteiger partial charge in [-0.3, -0.25) is 4.79 Å². The van der Waals surface area contributed by atoms with Crippen LogP contribution in [0.3, 0.4) is 0 Å². The third kappa shape index (κ3) is 5.96. The zero-order valence-corrected chi connectivity index (χ0v) is 14.6. The van der Waals surface area contributed by atoms with E-state index in [1.165, 1.54) is 17.7 Å². The van der Waals surface area contributed by atoms with Crippen molar-refractivity contribution in [1.29, 1.82) is 0 Å². The first kappa shape index (κ1) is 17.4. The minimum Gasteiger partial charge on any atom is -0.475 e. The number of amides is 1. The first-order valence-electron chi connectivity index (χ1n) is 7.31. The van der Waals surface area contributed by atoms with Crippen molar-refractivity contribution in [1.82, 2.24) is 9.36 Å². The Balaban J connectivity index is 1.83. The fraction of sp³-hybridized carbons (Fsp3) is 0.438. The van der Waals surface area contributed by atoms with Crippen LogP contribution in [0.25, 0.3) is 0 Å². The van der Waals surface area contributed by atoms with E-state index in [0.717, 1.165) is 5.69 Å². The van der Waals surface area contributed by atoms with Gasteiger partial charge in [-0.2, -0.15) is 4.37 Å². The lowest BCUT2D eigenvalue weighted by molar-refractivity contribution is -0.0168. The Bertz CT molecular complexity index is 647. The second kappa shape index (κ2) is 7.52. The van der Waals surface area contributed by atoms with E-state index in [0.29, 0.717) is 29.7 Å². The quantitative estimate of drug-likeness (QED) is 0.820. The molecule has 124 valence electrons. The third-order valence-electron chi connectivity index (χ3n) is 2.73. The summed E-state index contributed by atoms with van der Waals surface area (Å²) in [6.45, 7) is 8.74. The molecule has 0 spiro atoms. The molecule has 0 radical (unpaired) electrons. The maximum atomic E-state index is 12.1. The third-order valence-corrected chi connectivity index (χ3v) is 3.53. The molecule has 0 fully saturated rings. The highest BCUT2D eigenvalue weighted by Crippen LogP contribution is 2.17. The molecule has 23 heavy (non-hydrogen) atoms. The van der Waals surface area contributed by atoms with Crippen LogP contribution in [-0.2, 0) is 4.74 Å². The summed E-state index contributed by atoms with van der Waals surface area (Å²) in [7, 11) is 0. The van der Waals surface area contributed by atoms with Crippen molar-refractivity contribution in [2.45, 2.75) is 33.3 Å². The number of carbonyl (C=O) groups is 1. The zero-order valence-electron chi connectivity index (χ0n) is 13.8. The predicted octanol–water partition coefficient (Wildman–Crippen LogP) is 3.29. The first-order chi connectivity index (χ1) is 10.8. The highest BCUT2D eigenvalue weighted by atomic mass is 32.1. The topological polar surface area (TPSA) is 73.3 Å². The lowest BCUT2D eigenvalue weighted by Gasteiger charge is -2.19. The number of hydrogen-bond donors (Lipinski definition) is 1. The Labute approximate surface area is 140 Å². The van der Waals surface area contributed by atoms with E-state index in [1.807, 2.05) is 33.8 Å². The Morgan fingerprint density at radius 2 is 2.09 bits per heavy atom. The maximum Gasteiger partial charge on any atom is 0.257 e. The van der Waals surface area contributed by atoms with Crippen LogP contribution in [-0.4, -0.2) is 34.1 Å². The Hall–Kier alpha value is -1.99. The van der Waals surface area contributed by atoms with Crippen LogP contribution in [0.5, 0.6) is 5.88 Å². The van der Waals surface area contributed by atoms with Gasteiger partial charge in [0.05, 0.1) is 23.5 Å². The number of carbonyl (C=O) groups excluding carboxylic acids is 1. The van der Waals surface area contributed by atoms with Gasteiger partial charge in [-0.15, -0.1) is 0 Å². The molecular weight excluding hydrogens is 314 g/mol. The normalized spacial score (nSPS) is 11.3. The van der Waals surface area contributed by atoms with Crippen LogP contribution in [0.2, 0.25) is 0 Å². The number of aryl methyl sites for hydroxylation is 1. The summed E-state index contributed by atoms with van der Waals surface area (Å²) in [5, 5.41) is 3.50. The molecule has 2 rings (SSSR count). The van der Waals surface area contributed by atoms with Crippen molar-refractivity contribution < 1.29 is 14.3 Å². The summed E-state index contributed by atoms with van der Waals surface area (Å²) in [4.78, 5) is 16.2. The molecule has 0 aliphatic carbocycles. The minimum absolute atomic E-state index is 0.187. The highest BCUT2D eigenvalue weighted by Gasteiger charge is 2.10. The smallest absolute Gasteiger partial charge is 0.257 e. The van der Waals surface area contributed by atoms with Gasteiger partial charge in [-0.25, -0.2) is 4.98 Å². The molecule has 0 bridgehead atoms. The molecule has 2 aromatic rings. The SMILES string of the molecule is Cc1cc(NC(=O)c2ccc(OCCOC(C)(C)C)nc2)sn1. The molecular formula is C16H21N3O3S. The summed E-state index contributed by atoms with van der Waals surface area (Å²) in [6, 6.07) is 5.17. The van der Waals surface area contributed by atoms with Crippen LogP contribution >= 0.6 is 11.5 Å². The van der Waals surface area contributed by atoms with Crippen LogP contribution in [0.15, 0.2) is 24.4 Å². The number of nitrogens with zero attached hydrogens (tertiary/aromatic N) is 2. The summed E-state index contributed by atoms with van der Waals surface area (Å²) in [5.74, 6) is 0.247. The van der Waals surface area contributed by atoms with E-state index in [-0.39, 0.29) is 11.5 Å². The molecule has 2 aromatic heterocycles. The highest BCUT2D eigenvalue weighted by molar-refractivity contribution is 7.10. The van der Waals surface area contributed by atoms with Gasteiger partial charge in [0.25, 0.3) is 5.91 Å². The average molecular weight is 335 g/mol. The van der Waals surface area contributed by atoms with Crippen molar-refractivity contribution in [3.8, 4) is 5.88 Å². The molecule has 0 saturated heterocycles. The molecule has 0 aliphatic heterocycles. The maximum absolute atomic E-state index is 12.1. The van der Waals surface area contributed by atoms with Crippen molar-refractivity contribution in [3.05, 3.63) is 35.7 Å². The van der Waals surface area contributed by atoms with Gasteiger partial charge in [-0.1, -0.05) is 0 Å². The van der Waals surface area contributed by atoms with Crippen molar-refractivity contribution in [2.24, 2.45) is 0 Å². The number of pyridine rings is 1. The van der Waals surface area contributed by atoms with Crippen molar-refractivity contribution in [2.75, 3.05) is 18.5 Å². The van der Waals surface area contributed by atoms with Crippen molar-refractivity contribution in [3.63, 3.8) is 0 Å². The monoisotopic (exact) mass is 335 g/mol. The van der Waals surface area contributed by atoms with Crippen LogP contribution in [0, 0.1) is 6.92 Å². The largest absolute Gasteiger partial charge is 0.475 e. The molecule has 1 N–H and O–H groups in total. The zero-order chi connectivity index (χ0) is 16.9. The van der Waals surface area contributed by atoms with Crippen LogP contribution in [0.1, 0.15) is 36.8 Å². The number of ether oxygens (including phenoxy) is 2. The van der Waals surface area contributed by atoms with E-state index in [1.54, 1.807) is 12.1 Å². The molecule has 0 saturated carbocycles. The van der Waals surface area contributed by atoms with Gasteiger partial charge in [0, 0.05) is 12.3 Å². The number of aromatic nitrogens is 2. The van der Waals surface area contributed by atoms with E-state index in [2.05, 4.69) is 14.7 Å². The average Bonchev–Trinajstić information content (AvgIpc) is 2.88. The van der Waals surface area contributed by atoms with Gasteiger partial charge >= 0.3 is 0 Å². The number of anilines is 1. The van der Waals surface area contributed by atoms with E-state index in [9.17, 15) is 4.79 Å². The van der Waals surface area contributed by atoms with Gasteiger partial charge < -0.3 is 14.8 Å². The summed E-state index contributed by atoms with van der Waals surface area (Å²) >= 11 is 1.25. The summed E-state index contributed by atoms with van der Waals surface area (Å²) < 4.78 is 15.2. The van der Waals surface area contributed by atoms with E-state index < -0.39 is 0 Å². The summed E-state index contributed by atoms with van der Waals surface area (Å²) in [5.41, 5.74) is 1.16. The molecule has 1 amide bonds. The Morgan fingerprint density at radius 1 is 1.30 bits per heavy atom. The molecule has 7 heteroatoms. The molecule has 2 heterocycles. The Kier molecular flexibility index (Phi) is 5.68. The molecule has 0 aliphatic rings. The lowest BCUT2D eigenvalue weighted by Crippen LogP contribution is -2.22. The number of hydrogen-bond acceptors (Lipinski definition) is 6. The minimum atomic E-state index is -0.219. The summed E-state index contributed by atoms with van der Waals surface area (Å²) in [6.07, 6.45) is 1.49. The van der Waals surface area contributed by atoms with Crippen molar-refractivity contribution >= 4 is 22.4 Å². The van der Waals surface area contributed by atoms with Gasteiger partial charge in [0.15, 0.2) is 0 Å². The number of rotatable bonds is 6. The fourth-order valence-electron chi connectivity index (χ4n) is 1.70. The molecule has 0 aromatic carbocycles. The molecule has 6 nitrogen and oxygen atoms in total. The number of nitrogens with one attached hydrogen (secondary N) is 1. The molecule has 0 atom stereocenters. The fourth-order valence-corrected chi connectivity index (χ4v) is 2.36. The standard InChI is InChI=1S/C16H21N3O3S/c1-11-9-14(23-19-11)18-15(20)12-5-6-13(17-10-12)21-7-8-22-16(2,3)4/h5-6,9-10H,7-8H2,1-4H3,(H,18,20). The van der Waals surface area contributed by atoms with Crippen LogP contribution < -0.4 is 10.1 Å².